The predicted molar refractivity (Wildman–Crippen MR) is 102 cm³/mol. The third-order valence-corrected chi connectivity index (χ3v) is 7.08. The van der Waals surface area contributed by atoms with E-state index in [2.05, 4.69) is 20.2 Å². The number of hydrogen-bond donors (Lipinski definition) is 3. The number of sulfonamides is 2. The van der Waals surface area contributed by atoms with Gasteiger partial charge in [-0.3, -0.25) is 4.72 Å². The van der Waals surface area contributed by atoms with Crippen LogP contribution in [0.2, 0.25) is 0 Å². The number of anilines is 2. The quantitative estimate of drug-likeness (QED) is 0.504. The van der Waals surface area contributed by atoms with E-state index in [4.69, 9.17) is 5.14 Å². The highest BCUT2D eigenvalue weighted by Gasteiger charge is 2.20. The van der Waals surface area contributed by atoms with Crippen molar-refractivity contribution in [3.63, 3.8) is 0 Å². The lowest BCUT2D eigenvalue weighted by atomic mass is 10.2. The first-order chi connectivity index (χ1) is 13.1. The Morgan fingerprint density at radius 2 is 1.61 bits per heavy atom. The van der Waals surface area contributed by atoms with Gasteiger partial charge in [-0.1, -0.05) is 23.5 Å². The summed E-state index contributed by atoms with van der Waals surface area (Å²) in [5.74, 6) is -0.322. The Labute approximate surface area is 164 Å². The number of hydrogen-bond acceptors (Lipinski definition) is 8. The molecule has 0 radical (unpaired) electrons. The van der Waals surface area contributed by atoms with Crippen LogP contribution in [-0.2, 0) is 26.6 Å². The number of halogens is 1. The van der Waals surface area contributed by atoms with E-state index in [-0.39, 0.29) is 15.8 Å². The van der Waals surface area contributed by atoms with Crippen molar-refractivity contribution in [3.05, 3.63) is 59.9 Å². The summed E-state index contributed by atoms with van der Waals surface area (Å²) in [6.07, 6.45) is 0. The molecular weight excluding hydrogens is 429 g/mol. The molecule has 0 spiro atoms. The molecule has 3 rings (SSSR count). The number of rotatable bonds is 7. The molecule has 2 aromatic carbocycles. The average molecular weight is 444 g/mol. The summed E-state index contributed by atoms with van der Waals surface area (Å²) >= 11 is 0.507. The van der Waals surface area contributed by atoms with Crippen LogP contribution in [0.3, 0.4) is 0 Å². The summed E-state index contributed by atoms with van der Waals surface area (Å²) in [4.78, 5) is -0.0489. The van der Waals surface area contributed by atoms with E-state index in [0.717, 1.165) is 5.56 Å². The van der Waals surface area contributed by atoms with Crippen molar-refractivity contribution in [1.29, 1.82) is 0 Å². The van der Waals surface area contributed by atoms with E-state index in [1.54, 1.807) is 24.3 Å². The molecule has 0 fully saturated rings. The predicted octanol–water partition coefficient (Wildman–Crippen LogP) is 1.74. The van der Waals surface area contributed by atoms with Crippen LogP contribution < -0.4 is 15.2 Å². The van der Waals surface area contributed by atoms with Crippen molar-refractivity contribution in [2.24, 2.45) is 5.14 Å². The number of nitrogens with one attached hydrogen (secondary N) is 2. The molecule has 28 heavy (non-hydrogen) atoms. The molecule has 1 aromatic heterocycles. The minimum absolute atomic E-state index is 0.0489. The van der Waals surface area contributed by atoms with Crippen molar-refractivity contribution in [1.82, 2.24) is 10.2 Å². The van der Waals surface area contributed by atoms with Gasteiger partial charge in [-0.25, -0.2) is 26.4 Å². The number of benzene rings is 2. The summed E-state index contributed by atoms with van der Waals surface area (Å²) in [6.45, 7) is 0.436. The minimum atomic E-state index is -4.06. The van der Waals surface area contributed by atoms with Gasteiger partial charge in [0.05, 0.1) is 4.90 Å². The molecule has 0 unspecified atom stereocenters. The molecule has 0 amide bonds. The zero-order valence-electron chi connectivity index (χ0n) is 14.0. The number of nitrogens with zero attached hydrogens (tertiary/aromatic N) is 2. The largest absolute Gasteiger partial charge is 0.381 e. The Morgan fingerprint density at radius 3 is 2.18 bits per heavy atom. The second-order valence-corrected chi connectivity index (χ2v) is 9.92. The first-order valence-corrected chi connectivity index (χ1v) is 11.5. The van der Waals surface area contributed by atoms with Gasteiger partial charge in [0.15, 0.2) is 0 Å². The van der Waals surface area contributed by atoms with E-state index in [1.165, 1.54) is 24.3 Å². The fourth-order valence-corrected chi connectivity index (χ4v) is 4.66. The first-order valence-electron chi connectivity index (χ1n) is 7.61. The third kappa shape index (κ3) is 5.01. The van der Waals surface area contributed by atoms with Gasteiger partial charge in [-0.15, -0.1) is 10.2 Å². The molecule has 0 atom stereocenters. The zero-order valence-corrected chi connectivity index (χ0v) is 16.5. The van der Waals surface area contributed by atoms with Gasteiger partial charge < -0.3 is 5.32 Å². The number of primary sulfonamides is 1. The molecular formula is C15H14FN5O4S3. The maximum Gasteiger partial charge on any atom is 0.267 e. The van der Waals surface area contributed by atoms with Crippen LogP contribution in [0, 0.1) is 5.82 Å². The van der Waals surface area contributed by atoms with Gasteiger partial charge in [0, 0.05) is 12.2 Å². The molecule has 0 bridgehead atoms. The standard InChI is InChI=1S/C15H14FN5O4S3/c16-11-3-1-10(2-4-11)9-18-12-5-7-13(8-6-12)28(24,25)21-14-19-20-15(26-14)27(17,22)23/h1-8,18H,9H2,(H,19,21)(H2,17,22,23). The van der Waals surface area contributed by atoms with Crippen molar-refractivity contribution in [3.8, 4) is 0 Å². The Kier molecular flexibility index (Phi) is 5.60. The Morgan fingerprint density at radius 1 is 0.964 bits per heavy atom. The lowest BCUT2D eigenvalue weighted by molar-refractivity contribution is 0.595. The van der Waals surface area contributed by atoms with E-state index in [0.29, 0.717) is 23.6 Å². The summed E-state index contributed by atoms with van der Waals surface area (Å²) in [7, 11) is -8.04. The van der Waals surface area contributed by atoms with Gasteiger partial charge >= 0.3 is 0 Å². The molecule has 1 heterocycles. The SMILES string of the molecule is NS(=O)(=O)c1nnc(NS(=O)(=O)c2ccc(NCc3ccc(F)cc3)cc2)s1. The molecule has 0 aliphatic rings. The van der Waals surface area contributed by atoms with Crippen LogP contribution in [0.5, 0.6) is 0 Å². The van der Waals surface area contributed by atoms with Crippen LogP contribution in [0.15, 0.2) is 57.8 Å². The van der Waals surface area contributed by atoms with E-state index < -0.39 is 24.4 Å². The fraction of sp³-hybridized carbons (Fsp3) is 0.0667. The molecule has 9 nitrogen and oxygen atoms in total. The summed E-state index contributed by atoms with van der Waals surface area (Å²) < 4.78 is 61.7. The highest BCUT2D eigenvalue weighted by atomic mass is 32.2. The lowest BCUT2D eigenvalue weighted by Gasteiger charge is -2.08. The molecule has 13 heteroatoms. The summed E-state index contributed by atoms with van der Waals surface area (Å²) in [5.41, 5.74) is 1.53. The molecule has 4 N–H and O–H groups in total. The van der Waals surface area contributed by atoms with Crippen molar-refractivity contribution < 1.29 is 21.2 Å². The monoisotopic (exact) mass is 443 g/mol. The van der Waals surface area contributed by atoms with Crippen LogP contribution in [0.1, 0.15) is 5.56 Å². The van der Waals surface area contributed by atoms with Crippen LogP contribution in [-0.4, -0.2) is 27.0 Å². The van der Waals surface area contributed by atoms with Gasteiger partial charge in [-0.05, 0) is 42.0 Å². The summed E-state index contributed by atoms with van der Waals surface area (Å²) in [6, 6.07) is 11.9. The Bertz CT molecular complexity index is 1180. The zero-order chi connectivity index (χ0) is 20.4. The van der Waals surface area contributed by atoms with Gasteiger partial charge in [0.2, 0.25) is 9.47 Å². The maximum atomic E-state index is 12.9. The first kappa shape index (κ1) is 20.1. The average Bonchev–Trinajstić information content (AvgIpc) is 3.10. The maximum absolute atomic E-state index is 12.9. The topological polar surface area (TPSA) is 144 Å². The lowest BCUT2D eigenvalue weighted by Crippen LogP contribution is -2.13. The van der Waals surface area contributed by atoms with Crippen LogP contribution in [0.25, 0.3) is 0 Å². The van der Waals surface area contributed by atoms with Crippen LogP contribution in [0.4, 0.5) is 15.2 Å². The smallest absolute Gasteiger partial charge is 0.267 e. The van der Waals surface area contributed by atoms with Gasteiger partial charge in [-0.2, -0.15) is 0 Å². The van der Waals surface area contributed by atoms with Crippen molar-refractivity contribution >= 4 is 42.2 Å². The van der Waals surface area contributed by atoms with Gasteiger partial charge in [0.1, 0.15) is 5.82 Å². The Balaban J connectivity index is 1.67. The molecule has 0 saturated carbocycles. The van der Waals surface area contributed by atoms with Gasteiger partial charge in [0.25, 0.3) is 20.0 Å². The highest BCUT2D eigenvalue weighted by Crippen LogP contribution is 2.23. The second kappa shape index (κ2) is 7.79. The molecule has 0 aliphatic carbocycles. The van der Waals surface area contributed by atoms with Crippen molar-refractivity contribution in [2.45, 2.75) is 15.8 Å². The Hall–Kier alpha value is -2.61. The van der Waals surface area contributed by atoms with E-state index in [1.807, 2.05) is 0 Å². The number of nitrogens with two attached hydrogens (primary N) is 1. The second-order valence-electron chi connectivity index (χ2n) is 5.53. The number of aromatic nitrogens is 2. The summed E-state index contributed by atoms with van der Waals surface area (Å²) in [5, 5.41) is 14.6. The molecule has 0 aliphatic heterocycles. The van der Waals surface area contributed by atoms with Crippen LogP contribution >= 0.6 is 11.3 Å². The molecule has 148 valence electrons. The van der Waals surface area contributed by atoms with E-state index in [9.17, 15) is 21.2 Å². The third-order valence-electron chi connectivity index (χ3n) is 3.45. The normalized spacial score (nSPS) is 11.9. The van der Waals surface area contributed by atoms with E-state index >= 15 is 0 Å². The minimum Gasteiger partial charge on any atom is -0.381 e. The molecule has 3 aromatic rings. The fourth-order valence-electron chi connectivity index (χ4n) is 2.10. The highest BCUT2D eigenvalue weighted by molar-refractivity contribution is 7.93. The van der Waals surface area contributed by atoms with Crippen molar-refractivity contribution in [2.75, 3.05) is 10.0 Å². The molecule has 0 saturated heterocycles.